The van der Waals surface area contributed by atoms with Crippen molar-refractivity contribution in [3.05, 3.63) is 35.4 Å². The highest BCUT2D eigenvalue weighted by Crippen LogP contribution is 2.16. The van der Waals surface area contributed by atoms with Gasteiger partial charge in [-0.05, 0) is 50.9 Å². The summed E-state index contributed by atoms with van der Waals surface area (Å²) in [7, 11) is 0. The molecule has 1 aromatic carbocycles. The van der Waals surface area contributed by atoms with Gasteiger partial charge >= 0.3 is 0 Å². The molecule has 1 aromatic rings. The normalized spacial score (nSPS) is 19.5. The summed E-state index contributed by atoms with van der Waals surface area (Å²) in [5.74, 6) is 0. The molecule has 1 unspecified atom stereocenters. The summed E-state index contributed by atoms with van der Waals surface area (Å²) < 4.78 is 0. The lowest BCUT2D eigenvalue weighted by Crippen LogP contribution is -2.37. The molecule has 3 heteroatoms. The number of β-amino-alcohol motifs (C(OH)–C–C–N with tert-alkyl or cyclic N) is 1. The number of nitrogens with one attached hydrogen (secondary N) is 1. The topological polar surface area (TPSA) is 35.5 Å². The molecule has 0 saturated carbocycles. The van der Waals surface area contributed by atoms with Gasteiger partial charge in [-0.3, -0.25) is 0 Å². The van der Waals surface area contributed by atoms with Crippen molar-refractivity contribution in [2.45, 2.75) is 38.8 Å². The van der Waals surface area contributed by atoms with Gasteiger partial charge in [0.05, 0.1) is 6.10 Å². The van der Waals surface area contributed by atoms with E-state index in [9.17, 15) is 5.11 Å². The van der Waals surface area contributed by atoms with Crippen molar-refractivity contribution in [3.63, 3.8) is 0 Å². The first kappa shape index (κ1) is 14.5. The molecule has 0 aromatic heterocycles. The number of hydrogen-bond donors (Lipinski definition) is 2. The first-order valence-corrected chi connectivity index (χ1v) is 7.36. The molecule has 1 aliphatic rings. The molecule has 0 spiro atoms. The first-order chi connectivity index (χ1) is 9.16. The van der Waals surface area contributed by atoms with E-state index in [4.69, 9.17) is 0 Å². The quantitative estimate of drug-likeness (QED) is 0.824. The average molecular weight is 262 g/mol. The number of aliphatic hydroxyl groups is 1. The van der Waals surface area contributed by atoms with Gasteiger partial charge in [0, 0.05) is 19.1 Å². The van der Waals surface area contributed by atoms with Crippen LogP contribution in [0.3, 0.4) is 0 Å². The van der Waals surface area contributed by atoms with Gasteiger partial charge in [0.15, 0.2) is 0 Å². The summed E-state index contributed by atoms with van der Waals surface area (Å²) in [6.45, 7) is 8.04. The van der Waals surface area contributed by atoms with Crippen LogP contribution in [0.4, 0.5) is 0 Å². The van der Waals surface area contributed by atoms with Crippen LogP contribution in [0.2, 0.25) is 0 Å². The Morgan fingerprint density at radius 3 is 2.63 bits per heavy atom. The Morgan fingerprint density at radius 1 is 1.26 bits per heavy atom. The molecule has 3 nitrogen and oxygen atoms in total. The summed E-state index contributed by atoms with van der Waals surface area (Å²) in [5.41, 5.74) is 2.62. The number of nitrogens with zero attached hydrogens (tertiary/aromatic N) is 1. The van der Waals surface area contributed by atoms with Crippen molar-refractivity contribution in [2.24, 2.45) is 0 Å². The predicted octanol–water partition coefficient (Wildman–Crippen LogP) is 2.10. The summed E-state index contributed by atoms with van der Waals surface area (Å²) in [4.78, 5) is 2.35. The number of likely N-dealkylation sites (tertiary alicyclic amines) is 1. The van der Waals surface area contributed by atoms with E-state index in [2.05, 4.69) is 48.3 Å². The Morgan fingerprint density at radius 2 is 1.95 bits per heavy atom. The van der Waals surface area contributed by atoms with Crippen molar-refractivity contribution in [2.75, 3.05) is 26.2 Å². The number of aryl methyl sites for hydroxylation is 1. The number of benzene rings is 1. The molecule has 0 radical (unpaired) electrons. The third-order valence-electron chi connectivity index (χ3n) is 3.98. The van der Waals surface area contributed by atoms with E-state index < -0.39 is 0 Å². The van der Waals surface area contributed by atoms with Crippen molar-refractivity contribution in [1.29, 1.82) is 0 Å². The number of aliphatic hydroxyl groups excluding tert-OH is 1. The van der Waals surface area contributed by atoms with E-state index in [1.165, 1.54) is 24.0 Å². The Hall–Kier alpha value is -0.900. The average Bonchev–Trinajstić information content (AvgIpc) is 2.89. The van der Waals surface area contributed by atoms with Gasteiger partial charge < -0.3 is 15.3 Å². The molecule has 1 heterocycles. The zero-order valence-corrected chi connectivity index (χ0v) is 12.1. The maximum absolute atomic E-state index is 10.1. The van der Waals surface area contributed by atoms with Crippen LogP contribution in [0.1, 0.15) is 36.9 Å². The van der Waals surface area contributed by atoms with Gasteiger partial charge in [-0.1, -0.05) is 24.3 Å². The smallest absolute Gasteiger partial charge is 0.0791 e. The van der Waals surface area contributed by atoms with Gasteiger partial charge in [0.2, 0.25) is 0 Å². The second-order valence-corrected chi connectivity index (χ2v) is 5.65. The Bertz CT molecular complexity index is 388. The lowest BCUT2D eigenvalue weighted by molar-refractivity contribution is 0.121. The molecule has 2 atom stereocenters. The van der Waals surface area contributed by atoms with E-state index in [1.807, 2.05) is 0 Å². The monoisotopic (exact) mass is 262 g/mol. The molecule has 19 heavy (non-hydrogen) atoms. The third-order valence-corrected chi connectivity index (χ3v) is 3.98. The van der Waals surface area contributed by atoms with E-state index in [0.717, 1.165) is 19.6 Å². The molecule has 0 amide bonds. The van der Waals surface area contributed by atoms with Crippen molar-refractivity contribution >= 4 is 0 Å². The Kier molecular flexibility index (Phi) is 5.37. The van der Waals surface area contributed by atoms with Crippen LogP contribution in [0.5, 0.6) is 0 Å². The molecule has 1 aliphatic heterocycles. The zero-order chi connectivity index (χ0) is 13.7. The van der Waals surface area contributed by atoms with Crippen molar-refractivity contribution in [3.8, 4) is 0 Å². The maximum Gasteiger partial charge on any atom is 0.0791 e. The minimum absolute atomic E-state index is 0.274. The third kappa shape index (κ3) is 4.30. The molecular formula is C16H26N2O. The molecule has 1 fully saturated rings. The van der Waals surface area contributed by atoms with Crippen LogP contribution in [-0.4, -0.2) is 42.3 Å². The summed E-state index contributed by atoms with van der Waals surface area (Å²) in [6.07, 6.45) is 2.28. The minimum Gasteiger partial charge on any atom is -0.390 e. The molecule has 0 aliphatic carbocycles. The van der Waals surface area contributed by atoms with E-state index >= 15 is 0 Å². The van der Waals surface area contributed by atoms with Gasteiger partial charge in [-0.2, -0.15) is 0 Å². The summed E-state index contributed by atoms with van der Waals surface area (Å²) >= 11 is 0. The van der Waals surface area contributed by atoms with Gasteiger partial charge in [0.25, 0.3) is 0 Å². The van der Waals surface area contributed by atoms with Crippen LogP contribution in [0.25, 0.3) is 0 Å². The fourth-order valence-corrected chi connectivity index (χ4v) is 2.82. The van der Waals surface area contributed by atoms with Gasteiger partial charge in [-0.25, -0.2) is 0 Å². The summed E-state index contributed by atoms with van der Waals surface area (Å²) in [6, 6.07) is 8.71. The highest BCUT2D eigenvalue weighted by atomic mass is 16.3. The molecule has 106 valence electrons. The van der Waals surface area contributed by atoms with Crippen LogP contribution in [0, 0.1) is 6.92 Å². The Labute approximate surface area is 116 Å². The fourth-order valence-electron chi connectivity index (χ4n) is 2.82. The summed E-state index contributed by atoms with van der Waals surface area (Å²) in [5, 5.41) is 13.5. The zero-order valence-electron chi connectivity index (χ0n) is 12.1. The van der Waals surface area contributed by atoms with Gasteiger partial charge in [0.1, 0.15) is 0 Å². The van der Waals surface area contributed by atoms with Crippen LogP contribution in [-0.2, 0) is 0 Å². The van der Waals surface area contributed by atoms with E-state index in [1.54, 1.807) is 0 Å². The molecule has 0 bridgehead atoms. The maximum atomic E-state index is 10.1. The lowest BCUT2D eigenvalue weighted by Gasteiger charge is -2.22. The highest BCUT2D eigenvalue weighted by Gasteiger charge is 2.16. The lowest BCUT2D eigenvalue weighted by atomic mass is 10.0. The van der Waals surface area contributed by atoms with E-state index in [-0.39, 0.29) is 12.1 Å². The minimum atomic E-state index is -0.274. The molecule has 2 N–H and O–H groups in total. The van der Waals surface area contributed by atoms with Crippen LogP contribution < -0.4 is 5.32 Å². The predicted molar refractivity (Wildman–Crippen MR) is 79.3 cm³/mol. The van der Waals surface area contributed by atoms with Crippen molar-refractivity contribution in [1.82, 2.24) is 10.2 Å². The van der Waals surface area contributed by atoms with Crippen LogP contribution >= 0.6 is 0 Å². The van der Waals surface area contributed by atoms with Crippen molar-refractivity contribution < 1.29 is 5.11 Å². The second-order valence-electron chi connectivity index (χ2n) is 5.65. The first-order valence-electron chi connectivity index (χ1n) is 7.36. The van der Waals surface area contributed by atoms with E-state index in [0.29, 0.717) is 6.54 Å². The molecular weight excluding hydrogens is 236 g/mol. The standard InChI is InChI=1S/C16H26N2O/c1-13-7-3-4-8-16(13)14(2)17-11-15(19)12-18-9-5-6-10-18/h3-4,7-8,14-15,17,19H,5-6,9-12H2,1-2H3/t14-,15?/m1/s1. The SMILES string of the molecule is Cc1ccccc1[C@@H](C)NCC(O)CN1CCCC1. The largest absolute Gasteiger partial charge is 0.390 e. The fraction of sp³-hybridized carbons (Fsp3) is 0.625. The number of rotatable bonds is 6. The molecule has 2 rings (SSSR count). The van der Waals surface area contributed by atoms with Gasteiger partial charge in [-0.15, -0.1) is 0 Å². The number of hydrogen-bond acceptors (Lipinski definition) is 3. The highest BCUT2D eigenvalue weighted by molar-refractivity contribution is 5.28. The Balaban J connectivity index is 1.76. The van der Waals surface area contributed by atoms with Crippen LogP contribution in [0.15, 0.2) is 24.3 Å². The molecule has 1 saturated heterocycles. The second kappa shape index (κ2) is 7.04.